The lowest BCUT2D eigenvalue weighted by molar-refractivity contribution is -0.288. The van der Waals surface area contributed by atoms with E-state index in [1.807, 2.05) is 0 Å². The molecule has 7 nitrogen and oxygen atoms in total. The molecule has 0 bridgehead atoms. The van der Waals surface area contributed by atoms with Gasteiger partial charge >= 0.3 is 6.18 Å². The maximum absolute atomic E-state index is 13.5. The normalized spacial score (nSPS) is 15.6. The van der Waals surface area contributed by atoms with Crippen LogP contribution in [0.1, 0.15) is 33.6 Å². The lowest BCUT2D eigenvalue weighted by Gasteiger charge is -2.42. The standard InChI is InChI=1S/C23H25F3N4O3/c1-4-19(31)21(2,22(3,33)23(24,25)26)10-14-29-13-9-17(15-20(29)32)16-5-7-18(8-6-16)30-27-11-12-28-30/h5-9,11-13,15,33H,4,10,14H2,1-3H3. The molecule has 10 heteroatoms. The van der Waals surface area contributed by atoms with Crippen LogP contribution in [0.15, 0.2) is 59.8 Å². The van der Waals surface area contributed by atoms with Gasteiger partial charge in [0.15, 0.2) is 5.60 Å². The molecule has 0 amide bonds. The summed E-state index contributed by atoms with van der Waals surface area (Å²) in [5.74, 6) is -0.721. The Bertz CT molecular complexity index is 1170. The summed E-state index contributed by atoms with van der Waals surface area (Å²) in [5.41, 5.74) is -3.62. The van der Waals surface area contributed by atoms with E-state index in [1.54, 1.807) is 42.7 Å². The number of carbonyl (C=O) groups excluding carboxylic acids is 1. The first kappa shape index (κ1) is 24.4. The van der Waals surface area contributed by atoms with E-state index in [1.165, 1.54) is 28.6 Å². The van der Waals surface area contributed by atoms with Crippen LogP contribution in [0.4, 0.5) is 13.2 Å². The quantitative estimate of drug-likeness (QED) is 0.550. The number of Topliss-reactive ketones (excluding diaryl/α,β-unsaturated/α-hetero) is 1. The fourth-order valence-corrected chi connectivity index (χ4v) is 3.71. The van der Waals surface area contributed by atoms with Gasteiger partial charge in [0.2, 0.25) is 0 Å². The Hall–Kier alpha value is -3.27. The zero-order chi connectivity index (χ0) is 24.4. The summed E-state index contributed by atoms with van der Waals surface area (Å²) >= 11 is 0. The van der Waals surface area contributed by atoms with E-state index in [-0.39, 0.29) is 19.4 Å². The SMILES string of the molecule is CCC(=O)C(C)(CCn1ccc(-c2ccc(-n3nccn3)cc2)cc1=O)C(C)(O)C(F)(F)F. The van der Waals surface area contributed by atoms with Gasteiger partial charge in [-0.25, -0.2) is 0 Å². The zero-order valence-corrected chi connectivity index (χ0v) is 18.5. The average molecular weight is 462 g/mol. The number of pyridine rings is 1. The second kappa shape index (κ2) is 8.93. The van der Waals surface area contributed by atoms with E-state index in [9.17, 15) is 27.9 Å². The summed E-state index contributed by atoms with van der Waals surface area (Å²) in [7, 11) is 0. The number of halogens is 3. The molecule has 2 aromatic heterocycles. The number of ketones is 1. The number of aromatic nitrogens is 4. The Morgan fingerprint density at radius 1 is 1.03 bits per heavy atom. The van der Waals surface area contributed by atoms with Gasteiger partial charge in [0.25, 0.3) is 5.56 Å². The number of rotatable bonds is 8. The maximum atomic E-state index is 13.5. The van der Waals surface area contributed by atoms with Gasteiger partial charge in [-0.2, -0.15) is 28.2 Å². The second-order valence-electron chi connectivity index (χ2n) is 8.24. The molecule has 0 aliphatic rings. The van der Waals surface area contributed by atoms with Crippen LogP contribution in [0.2, 0.25) is 0 Å². The van der Waals surface area contributed by atoms with Gasteiger partial charge in [-0.3, -0.25) is 9.59 Å². The fourth-order valence-electron chi connectivity index (χ4n) is 3.71. The molecule has 0 spiro atoms. The van der Waals surface area contributed by atoms with Crippen molar-refractivity contribution in [3.63, 3.8) is 0 Å². The Kier molecular flexibility index (Phi) is 6.60. The van der Waals surface area contributed by atoms with E-state index in [4.69, 9.17) is 0 Å². The van der Waals surface area contributed by atoms with Gasteiger partial charge in [-0.1, -0.05) is 19.1 Å². The van der Waals surface area contributed by atoms with Crippen molar-refractivity contribution in [2.45, 2.75) is 51.9 Å². The number of hydrogen-bond acceptors (Lipinski definition) is 5. The van der Waals surface area contributed by atoms with E-state index < -0.39 is 28.5 Å². The van der Waals surface area contributed by atoms with E-state index in [0.29, 0.717) is 12.5 Å². The molecule has 0 saturated heterocycles. The molecule has 0 aliphatic heterocycles. The third kappa shape index (κ3) is 4.61. The number of alkyl halides is 3. The molecule has 0 aliphatic carbocycles. The predicted molar refractivity (Wildman–Crippen MR) is 116 cm³/mol. The van der Waals surface area contributed by atoms with Crippen molar-refractivity contribution < 1.29 is 23.1 Å². The van der Waals surface area contributed by atoms with E-state index >= 15 is 0 Å². The molecule has 0 radical (unpaired) electrons. The zero-order valence-electron chi connectivity index (χ0n) is 18.5. The highest BCUT2D eigenvalue weighted by Gasteiger charge is 2.63. The van der Waals surface area contributed by atoms with Crippen molar-refractivity contribution >= 4 is 5.78 Å². The van der Waals surface area contributed by atoms with Gasteiger partial charge in [-0.05, 0) is 49.6 Å². The van der Waals surface area contributed by atoms with Gasteiger partial charge in [0.05, 0.1) is 23.5 Å². The van der Waals surface area contributed by atoms with Gasteiger partial charge in [0.1, 0.15) is 5.78 Å². The first-order valence-electron chi connectivity index (χ1n) is 10.4. The van der Waals surface area contributed by atoms with Crippen LogP contribution in [-0.4, -0.2) is 42.2 Å². The van der Waals surface area contributed by atoms with Crippen molar-refractivity contribution in [2.75, 3.05) is 0 Å². The summed E-state index contributed by atoms with van der Waals surface area (Å²) < 4.78 is 41.8. The molecular formula is C23H25F3N4O3. The minimum Gasteiger partial charge on any atom is -0.380 e. The Morgan fingerprint density at radius 2 is 1.64 bits per heavy atom. The summed E-state index contributed by atoms with van der Waals surface area (Å²) in [6.07, 6.45) is -0.932. The van der Waals surface area contributed by atoms with Crippen LogP contribution in [0.5, 0.6) is 0 Å². The maximum Gasteiger partial charge on any atom is 0.417 e. The number of benzene rings is 1. The molecule has 3 rings (SSSR count). The van der Waals surface area contributed by atoms with Crippen molar-refractivity contribution in [2.24, 2.45) is 5.41 Å². The molecule has 0 saturated carbocycles. The highest BCUT2D eigenvalue weighted by Crippen LogP contribution is 2.47. The summed E-state index contributed by atoms with van der Waals surface area (Å²) in [4.78, 5) is 26.5. The number of nitrogens with zero attached hydrogens (tertiary/aromatic N) is 4. The Morgan fingerprint density at radius 3 is 2.15 bits per heavy atom. The molecule has 1 N–H and O–H groups in total. The third-order valence-electron chi connectivity index (χ3n) is 6.26. The Balaban J connectivity index is 1.82. The van der Waals surface area contributed by atoms with Crippen molar-refractivity contribution in [1.82, 2.24) is 19.6 Å². The highest BCUT2D eigenvalue weighted by molar-refractivity contribution is 5.85. The van der Waals surface area contributed by atoms with Gasteiger partial charge < -0.3 is 9.67 Å². The lowest BCUT2D eigenvalue weighted by atomic mass is 9.67. The first-order valence-corrected chi connectivity index (χ1v) is 10.4. The van der Waals surface area contributed by atoms with Crippen LogP contribution in [0, 0.1) is 5.41 Å². The molecule has 0 fully saturated rings. The van der Waals surface area contributed by atoms with Crippen LogP contribution >= 0.6 is 0 Å². The van der Waals surface area contributed by atoms with Crippen molar-refractivity contribution in [3.8, 4) is 16.8 Å². The Labute approximate surface area is 188 Å². The average Bonchev–Trinajstić information content (AvgIpc) is 3.31. The summed E-state index contributed by atoms with van der Waals surface area (Å²) in [5, 5.41) is 18.4. The molecular weight excluding hydrogens is 437 g/mol. The summed E-state index contributed by atoms with van der Waals surface area (Å²) in [6.45, 7) is 3.00. The van der Waals surface area contributed by atoms with Crippen LogP contribution in [-0.2, 0) is 11.3 Å². The fraction of sp³-hybridized carbons (Fsp3) is 0.391. The molecule has 33 heavy (non-hydrogen) atoms. The smallest absolute Gasteiger partial charge is 0.380 e. The molecule has 2 heterocycles. The van der Waals surface area contributed by atoms with Crippen LogP contribution in [0.3, 0.4) is 0 Å². The second-order valence-corrected chi connectivity index (χ2v) is 8.24. The number of aliphatic hydroxyl groups is 1. The minimum atomic E-state index is -5.00. The van der Waals surface area contributed by atoms with Crippen molar-refractivity contribution in [3.05, 3.63) is 65.3 Å². The minimum absolute atomic E-state index is 0.155. The van der Waals surface area contributed by atoms with E-state index in [2.05, 4.69) is 10.2 Å². The topological polar surface area (TPSA) is 90.0 Å². The lowest BCUT2D eigenvalue weighted by Crippen LogP contribution is -2.58. The predicted octanol–water partition coefficient (Wildman–Crippen LogP) is 3.78. The van der Waals surface area contributed by atoms with Crippen molar-refractivity contribution in [1.29, 1.82) is 0 Å². The van der Waals surface area contributed by atoms with Gasteiger partial charge in [-0.15, -0.1) is 0 Å². The summed E-state index contributed by atoms with van der Waals surface area (Å²) in [6, 6.07) is 10.2. The number of carbonyl (C=O) groups is 1. The van der Waals surface area contributed by atoms with Crippen LogP contribution < -0.4 is 5.56 Å². The number of hydrogen-bond donors (Lipinski definition) is 1. The molecule has 3 aromatic rings. The molecule has 2 unspecified atom stereocenters. The first-order chi connectivity index (χ1) is 15.4. The van der Waals surface area contributed by atoms with E-state index in [0.717, 1.165) is 18.2 Å². The monoisotopic (exact) mass is 462 g/mol. The van der Waals surface area contributed by atoms with Crippen LogP contribution in [0.25, 0.3) is 16.8 Å². The molecule has 1 aromatic carbocycles. The third-order valence-corrected chi connectivity index (χ3v) is 6.26. The highest BCUT2D eigenvalue weighted by atomic mass is 19.4. The largest absolute Gasteiger partial charge is 0.417 e. The van der Waals surface area contributed by atoms with Gasteiger partial charge in [0, 0.05) is 25.2 Å². The number of aryl methyl sites for hydroxylation is 1. The molecule has 176 valence electrons. The molecule has 2 atom stereocenters.